The van der Waals surface area contributed by atoms with Gasteiger partial charge in [-0.25, -0.2) is 4.79 Å². The van der Waals surface area contributed by atoms with Crippen LogP contribution in [0, 0.1) is 0 Å². The first kappa shape index (κ1) is 31.3. The van der Waals surface area contributed by atoms with Crippen LogP contribution in [0.3, 0.4) is 0 Å². The minimum absolute atomic E-state index is 0.0928. The van der Waals surface area contributed by atoms with Gasteiger partial charge in [-0.15, -0.1) is 0 Å². The lowest BCUT2D eigenvalue weighted by atomic mass is 10.0. The first-order valence-electron chi connectivity index (χ1n) is 11.1. The van der Waals surface area contributed by atoms with Crippen molar-refractivity contribution in [1.29, 1.82) is 0 Å². The van der Waals surface area contributed by atoms with Crippen LogP contribution in [0.5, 0.6) is 5.75 Å². The van der Waals surface area contributed by atoms with Crippen LogP contribution in [0.2, 0.25) is 0 Å². The van der Waals surface area contributed by atoms with Crippen LogP contribution < -0.4 is 27.4 Å². The van der Waals surface area contributed by atoms with Gasteiger partial charge in [0, 0.05) is 12.8 Å². The fraction of sp³-hybridized carbons (Fsp3) is 0.409. The molecule has 0 fully saturated rings. The van der Waals surface area contributed by atoms with E-state index in [1.54, 1.807) is 0 Å². The predicted octanol–water partition coefficient (Wildman–Crippen LogP) is -2.98. The van der Waals surface area contributed by atoms with Crippen molar-refractivity contribution in [2.75, 3.05) is 0 Å². The maximum Gasteiger partial charge on any atom is 0.326 e. The molecule has 1 aromatic carbocycles. The molecular weight excluding hydrogens is 510 g/mol. The lowest BCUT2D eigenvalue weighted by Crippen LogP contribution is -2.58. The molecule has 208 valence electrons. The van der Waals surface area contributed by atoms with Gasteiger partial charge < -0.3 is 47.8 Å². The van der Waals surface area contributed by atoms with E-state index in [4.69, 9.17) is 16.6 Å². The van der Waals surface area contributed by atoms with Crippen molar-refractivity contribution in [3.8, 4) is 5.75 Å². The summed E-state index contributed by atoms with van der Waals surface area (Å²) in [6, 6.07) is -1.04. The molecule has 11 N–H and O–H groups in total. The number of carboxylic acids is 3. The van der Waals surface area contributed by atoms with Crippen molar-refractivity contribution in [3.63, 3.8) is 0 Å². The van der Waals surface area contributed by atoms with Gasteiger partial charge in [-0.1, -0.05) is 12.1 Å². The quantitative estimate of drug-likeness (QED) is 0.102. The van der Waals surface area contributed by atoms with Gasteiger partial charge in [0.05, 0.1) is 18.9 Å². The molecule has 16 heteroatoms. The smallest absolute Gasteiger partial charge is 0.326 e. The van der Waals surface area contributed by atoms with Gasteiger partial charge in [-0.3, -0.25) is 28.8 Å². The number of phenols is 1. The van der Waals surface area contributed by atoms with E-state index < -0.39 is 91.4 Å². The normalized spacial score (nSPS) is 13.7. The van der Waals surface area contributed by atoms with E-state index in [1.165, 1.54) is 24.3 Å². The van der Waals surface area contributed by atoms with Crippen LogP contribution in [-0.2, 0) is 40.0 Å². The van der Waals surface area contributed by atoms with E-state index in [9.17, 15) is 48.9 Å². The fourth-order valence-electron chi connectivity index (χ4n) is 3.11. The highest BCUT2D eigenvalue weighted by Gasteiger charge is 2.32. The molecule has 38 heavy (non-hydrogen) atoms. The number of aliphatic carboxylic acids is 3. The molecule has 0 aliphatic heterocycles. The number of primary amides is 1. The highest BCUT2D eigenvalue weighted by atomic mass is 16.4. The Labute approximate surface area is 215 Å². The van der Waals surface area contributed by atoms with Crippen molar-refractivity contribution in [1.82, 2.24) is 16.0 Å². The molecule has 0 aromatic heterocycles. The van der Waals surface area contributed by atoms with Crippen LogP contribution in [0.25, 0.3) is 0 Å². The van der Waals surface area contributed by atoms with E-state index in [-0.39, 0.29) is 12.2 Å². The molecule has 4 unspecified atom stereocenters. The molecule has 0 saturated carbocycles. The molecule has 1 rings (SSSR count). The summed E-state index contributed by atoms with van der Waals surface area (Å²) in [6.07, 6.45) is -2.77. The first-order chi connectivity index (χ1) is 17.7. The zero-order chi connectivity index (χ0) is 29.0. The number of amides is 4. The Kier molecular flexibility index (Phi) is 12.1. The molecule has 0 spiro atoms. The molecule has 0 radical (unpaired) electrons. The van der Waals surface area contributed by atoms with Gasteiger partial charge in [-0.2, -0.15) is 0 Å². The summed E-state index contributed by atoms with van der Waals surface area (Å²) in [7, 11) is 0. The monoisotopic (exact) mass is 539 g/mol. The highest BCUT2D eigenvalue weighted by molar-refractivity contribution is 5.96. The second-order valence-corrected chi connectivity index (χ2v) is 8.20. The second-order valence-electron chi connectivity index (χ2n) is 8.20. The number of nitrogens with one attached hydrogen (secondary N) is 3. The molecule has 4 atom stereocenters. The van der Waals surface area contributed by atoms with Gasteiger partial charge in [0.2, 0.25) is 23.6 Å². The lowest BCUT2D eigenvalue weighted by molar-refractivity contribution is -0.143. The van der Waals surface area contributed by atoms with E-state index in [1.807, 2.05) is 5.32 Å². The van der Waals surface area contributed by atoms with Gasteiger partial charge in [0.1, 0.15) is 23.9 Å². The van der Waals surface area contributed by atoms with E-state index in [0.717, 1.165) is 0 Å². The molecular formula is C22H29N5O11. The van der Waals surface area contributed by atoms with Crippen molar-refractivity contribution in [2.45, 2.75) is 56.3 Å². The predicted molar refractivity (Wildman–Crippen MR) is 126 cm³/mol. The van der Waals surface area contributed by atoms with Crippen molar-refractivity contribution in [2.24, 2.45) is 11.5 Å². The third-order valence-corrected chi connectivity index (χ3v) is 5.05. The number of nitrogens with two attached hydrogens (primary N) is 2. The van der Waals surface area contributed by atoms with Gasteiger partial charge in [0.25, 0.3) is 0 Å². The molecule has 0 bridgehead atoms. The van der Waals surface area contributed by atoms with E-state index in [2.05, 4.69) is 10.6 Å². The molecule has 0 aliphatic rings. The van der Waals surface area contributed by atoms with Crippen molar-refractivity contribution >= 4 is 41.5 Å². The maximum absolute atomic E-state index is 13.0. The molecule has 0 heterocycles. The van der Waals surface area contributed by atoms with Crippen LogP contribution >= 0.6 is 0 Å². The minimum atomic E-state index is -1.80. The first-order valence-corrected chi connectivity index (χ1v) is 11.1. The highest BCUT2D eigenvalue weighted by Crippen LogP contribution is 2.12. The standard InChI is InChI=1S/C22H29N5O11/c23-12(8-17(30)31)19(34)26-14(7-10-1-3-11(28)4-2-10)20(35)27-15(9-18(32)33)21(36)25-13(22(37)38)5-6-16(24)29/h1-4,12-15,28H,5-9,23H2,(H2,24,29)(H,25,36)(H,26,34)(H,27,35)(H,30,31)(H,32,33)(H,37,38). The summed E-state index contributed by atoms with van der Waals surface area (Å²) >= 11 is 0. The number of hydrogen-bond donors (Lipinski definition) is 9. The maximum atomic E-state index is 13.0. The summed E-state index contributed by atoms with van der Waals surface area (Å²) in [5.74, 6) is -8.67. The number of hydrogen-bond acceptors (Lipinski definition) is 9. The van der Waals surface area contributed by atoms with Crippen LogP contribution in [0.4, 0.5) is 0 Å². The summed E-state index contributed by atoms with van der Waals surface area (Å²) in [5, 5.41) is 43.2. The van der Waals surface area contributed by atoms with Gasteiger partial charge in [0.15, 0.2) is 0 Å². The number of carbonyl (C=O) groups is 7. The molecule has 0 aliphatic carbocycles. The number of rotatable bonds is 16. The van der Waals surface area contributed by atoms with Crippen molar-refractivity contribution < 1.29 is 54.0 Å². The summed E-state index contributed by atoms with van der Waals surface area (Å²) in [6.45, 7) is 0. The Morgan fingerprint density at radius 1 is 0.737 bits per heavy atom. The van der Waals surface area contributed by atoms with E-state index >= 15 is 0 Å². The summed E-state index contributed by atoms with van der Waals surface area (Å²) < 4.78 is 0. The number of phenolic OH excluding ortho intramolecular Hbond substituents is 1. The Bertz CT molecular complexity index is 1060. The Morgan fingerprint density at radius 2 is 1.24 bits per heavy atom. The molecule has 0 saturated heterocycles. The SMILES string of the molecule is NC(=O)CCC(NC(=O)C(CC(=O)O)NC(=O)C(Cc1ccc(O)cc1)NC(=O)C(N)CC(=O)O)C(=O)O. The molecule has 4 amide bonds. The average molecular weight is 539 g/mol. The Hall–Kier alpha value is -4.73. The second kappa shape index (κ2) is 14.7. The number of carbonyl (C=O) groups excluding carboxylic acids is 4. The fourth-order valence-corrected chi connectivity index (χ4v) is 3.11. The van der Waals surface area contributed by atoms with Crippen LogP contribution in [0.15, 0.2) is 24.3 Å². The zero-order valence-corrected chi connectivity index (χ0v) is 20.0. The van der Waals surface area contributed by atoms with Gasteiger partial charge >= 0.3 is 17.9 Å². The summed E-state index contributed by atoms with van der Waals surface area (Å²) in [4.78, 5) is 82.7. The topological polar surface area (TPSA) is 289 Å². The molecule has 1 aromatic rings. The number of aromatic hydroxyl groups is 1. The largest absolute Gasteiger partial charge is 0.508 e. The summed E-state index contributed by atoms with van der Waals surface area (Å²) in [5.41, 5.74) is 10.9. The van der Waals surface area contributed by atoms with E-state index in [0.29, 0.717) is 5.56 Å². The molecule has 16 nitrogen and oxygen atoms in total. The minimum Gasteiger partial charge on any atom is -0.508 e. The number of carboxylic acid groups (broad SMARTS) is 3. The van der Waals surface area contributed by atoms with Crippen molar-refractivity contribution in [3.05, 3.63) is 29.8 Å². The third kappa shape index (κ3) is 11.3. The Morgan fingerprint density at radius 3 is 1.74 bits per heavy atom. The third-order valence-electron chi connectivity index (χ3n) is 5.05. The lowest BCUT2D eigenvalue weighted by Gasteiger charge is -2.24. The zero-order valence-electron chi connectivity index (χ0n) is 20.0. The Balaban J connectivity index is 3.15. The van der Waals surface area contributed by atoms with Gasteiger partial charge in [-0.05, 0) is 24.1 Å². The number of benzene rings is 1. The van der Waals surface area contributed by atoms with Crippen LogP contribution in [-0.4, -0.2) is 86.1 Å². The van der Waals surface area contributed by atoms with Crippen LogP contribution in [0.1, 0.15) is 31.2 Å². The average Bonchev–Trinajstić information content (AvgIpc) is 2.80.